The van der Waals surface area contributed by atoms with Gasteiger partial charge in [0.2, 0.25) is 0 Å². The molecule has 0 aliphatic rings. The van der Waals surface area contributed by atoms with Gasteiger partial charge in [-0.05, 0) is 24.3 Å². The molecule has 0 bridgehead atoms. The molecule has 0 spiro atoms. The van der Waals surface area contributed by atoms with E-state index in [1.165, 1.54) is 0 Å². The molecule has 0 fully saturated rings. The summed E-state index contributed by atoms with van der Waals surface area (Å²) in [6, 6.07) is 20.1. The van der Waals surface area contributed by atoms with Gasteiger partial charge in [-0.1, -0.05) is 36.4 Å². The van der Waals surface area contributed by atoms with Crippen molar-refractivity contribution in [3.05, 3.63) is 72.4 Å². The lowest BCUT2D eigenvalue weighted by atomic mass is 10.2. The van der Waals surface area contributed by atoms with E-state index in [2.05, 4.69) is 26.6 Å². The molecule has 2 heterocycles. The number of rotatable bonds is 3. The van der Waals surface area contributed by atoms with Gasteiger partial charge in [0.1, 0.15) is 5.82 Å². The summed E-state index contributed by atoms with van der Waals surface area (Å²) < 4.78 is 0. The van der Waals surface area contributed by atoms with Gasteiger partial charge in [0.25, 0.3) is 0 Å². The number of benzene rings is 2. The Morgan fingerprint density at radius 2 is 1.82 bits per heavy atom. The molecule has 0 amide bonds. The highest BCUT2D eigenvalue weighted by Gasteiger charge is 2.00. The van der Waals surface area contributed by atoms with Crippen LogP contribution in [-0.2, 0) is 0 Å². The van der Waals surface area contributed by atoms with Crippen molar-refractivity contribution in [3.63, 3.8) is 0 Å². The normalized spacial score (nSPS) is 11.5. The zero-order valence-corrected chi connectivity index (χ0v) is 11.8. The Morgan fingerprint density at radius 3 is 2.82 bits per heavy atom. The van der Waals surface area contributed by atoms with Crippen molar-refractivity contribution in [3.8, 4) is 0 Å². The first-order chi connectivity index (χ1) is 10.9. The maximum absolute atomic E-state index is 4.52. The van der Waals surface area contributed by atoms with Crippen LogP contribution in [0.1, 0.15) is 5.56 Å². The Kier molecular flexibility index (Phi) is 3.05. The van der Waals surface area contributed by atoms with E-state index in [-0.39, 0.29) is 0 Å². The monoisotopic (exact) mass is 286 g/mol. The number of hydrogen-bond acceptors (Lipinski definition) is 3. The second-order valence-electron chi connectivity index (χ2n) is 5.05. The van der Waals surface area contributed by atoms with Gasteiger partial charge >= 0.3 is 0 Å². The fourth-order valence-corrected chi connectivity index (χ4v) is 2.50. The quantitative estimate of drug-likeness (QED) is 0.439. The Morgan fingerprint density at radius 1 is 0.955 bits per heavy atom. The fourth-order valence-electron chi connectivity index (χ4n) is 2.50. The van der Waals surface area contributed by atoms with Gasteiger partial charge in [-0.3, -0.25) is 5.43 Å². The molecule has 0 saturated carbocycles. The largest absolute Gasteiger partial charge is 0.361 e. The van der Waals surface area contributed by atoms with Crippen LogP contribution < -0.4 is 5.43 Å². The van der Waals surface area contributed by atoms with E-state index in [0.29, 0.717) is 0 Å². The summed E-state index contributed by atoms with van der Waals surface area (Å²) in [4.78, 5) is 7.75. The lowest BCUT2D eigenvalue weighted by Crippen LogP contribution is -1.93. The molecule has 0 unspecified atom stereocenters. The maximum Gasteiger partial charge on any atom is 0.146 e. The fraction of sp³-hybridized carbons (Fsp3) is 0. The van der Waals surface area contributed by atoms with Crippen LogP contribution in [0.3, 0.4) is 0 Å². The van der Waals surface area contributed by atoms with E-state index in [1.54, 1.807) is 6.21 Å². The van der Waals surface area contributed by atoms with Crippen molar-refractivity contribution < 1.29 is 0 Å². The molecule has 0 saturated heterocycles. The number of H-pyrrole nitrogens is 1. The minimum absolute atomic E-state index is 0.731. The van der Waals surface area contributed by atoms with Crippen molar-refractivity contribution in [1.82, 2.24) is 9.97 Å². The summed E-state index contributed by atoms with van der Waals surface area (Å²) in [5, 5.41) is 6.55. The number of pyridine rings is 1. The smallest absolute Gasteiger partial charge is 0.146 e. The molecule has 2 aromatic carbocycles. The van der Waals surface area contributed by atoms with E-state index in [1.807, 2.05) is 60.8 Å². The summed E-state index contributed by atoms with van der Waals surface area (Å²) in [6.07, 6.45) is 3.75. The number of aromatic nitrogens is 2. The molecule has 0 aliphatic carbocycles. The second kappa shape index (κ2) is 5.33. The van der Waals surface area contributed by atoms with Gasteiger partial charge in [0.05, 0.1) is 11.7 Å². The van der Waals surface area contributed by atoms with E-state index < -0.39 is 0 Å². The highest BCUT2D eigenvalue weighted by atomic mass is 15.3. The van der Waals surface area contributed by atoms with Crippen molar-refractivity contribution in [2.75, 3.05) is 5.43 Å². The SMILES string of the molecule is C(=N/Nc1ccc2ccccc2n1)/c1c[nH]c2ccccc12. The number of para-hydroxylation sites is 2. The minimum Gasteiger partial charge on any atom is -0.361 e. The van der Waals surface area contributed by atoms with E-state index in [4.69, 9.17) is 0 Å². The summed E-state index contributed by atoms with van der Waals surface area (Å²) >= 11 is 0. The molecule has 2 aromatic heterocycles. The summed E-state index contributed by atoms with van der Waals surface area (Å²) in [7, 11) is 0. The van der Waals surface area contributed by atoms with Crippen LogP contribution in [0.5, 0.6) is 0 Å². The summed E-state index contributed by atoms with van der Waals surface area (Å²) in [5.74, 6) is 0.731. The van der Waals surface area contributed by atoms with Crippen LogP contribution in [0.25, 0.3) is 21.8 Å². The molecule has 106 valence electrons. The number of anilines is 1. The predicted octanol–water partition coefficient (Wildman–Crippen LogP) is 4.16. The number of hydrogen-bond donors (Lipinski definition) is 2. The van der Waals surface area contributed by atoms with Gasteiger partial charge in [-0.15, -0.1) is 0 Å². The number of fused-ring (bicyclic) bond motifs is 2. The van der Waals surface area contributed by atoms with Crippen LogP contribution in [0, 0.1) is 0 Å². The first kappa shape index (κ1) is 12.6. The molecule has 0 atom stereocenters. The van der Waals surface area contributed by atoms with Gasteiger partial charge in [0.15, 0.2) is 0 Å². The van der Waals surface area contributed by atoms with Crippen molar-refractivity contribution in [1.29, 1.82) is 0 Å². The van der Waals surface area contributed by atoms with Crippen LogP contribution in [-0.4, -0.2) is 16.2 Å². The van der Waals surface area contributed by atoms with Crippen molar-refractivity contribution in [2.45, 2.75) is 0 Å². The highest BCUT2D eigenvalue weighted by molar-refractivity contribution is 5.99. The number of hydrazone groups is 1. The Bertz CT molecular complexity index is 969. The van der Waals surface area contributed by atoms with Gasteiger partial charge in [-0.25, -0.2) is 4.98 Å². The van der Waals surface area contributed by atoms with E-state index in [9.17, 15) is 0 Å². The molecule has 4 aromatic rings. The van der Waals surface area contributed by atoms with Crippen LogP contribution in [0.2, 0.25) is 0 Å². The summed E-state index contributed by atoms with van der Waals surface area (Å²) in [5.41, 5.74) is 6.09. The maximum atomic E-state index is 4.52. The lowest BCUT2D eigenvalue weighted by Gasteiger charge is -2.01. The Balaban J connectivity index is 1.58. The third kappa shape index (κ3) is 2.31. The average molecular weight is 286 g/mol. The Hall–Kier alpha value is -3.14. The molecule has 0 radical (unpaired) electrons. The zero-order valence-electron chi connectivity index (χ0n) is 11.8. The molecular weight excluding hydrogens is 272 g/mol. The van der Waals surface area contributed by atoms with E-state index >= 15 is 0 Å². The van der Waals surface area contributed by atoms with Gasteiger partial charge in [-0.2, -0.15) is 5.10 Å². The number of nitrogens with zero attached hydrogens (tertiary/aromatic N) is 2. The highest BCUT2D eigenvalue weighted by Crippen LogP contribution is 2.16. The molecule has 4 rings (SSSR count). The molecular formula is C18H14N4. The topological polar surface area (TPSA) is 53.1 Å². The van der Waals surface area contributed by atoms with Crippen LogP contribution in [0.4, 0.5) is 5.82 Å². The minimum atomic E-state index is 0.731. The Labute approximate surface area is 127 Å². The third-order valence-corrected chi connectivity index (χ3v) is 3.60. The molecule has 2 N–H and O–H groups in total. The van der Waals surface area contributed by atoms with Gasteiger partial charge < -0.3 is 4.98 Å². The van der Waals surface area contributed by atoms with E-state index in [0.717, 1.165) is 33.2 Å². The lowest BCUT2D eigenvalue weighted by molar-refractivity contribution is 1.26. The standard InChI is InChI=1S/C18H14N4/c1-3-7-16-13(5-1)9-10-18(21-16)22-20-12-14-11-19-17-8-4-2-6-15(14)17/h1-12,19H,(H,21,22)/b20-12-. The predicted molar refractivity (Wildman–Crippen MR) is 91.3 cm³/mol. The number of nitrogens with one attached hydrogen (secondary N) is 2. The van der Waals surface area contributed by atoms with Crippen molar-refractivity contribution in [2.24, 2.45) is 5.10 Å². The number of aromatic amines is 1. The molecule has 4 heteroatoms. The third-order valence-electron chi connectivity index (χ3n) is 3.60. The first-order valence-corrected chi connectivity index (χ1v) is 7.11. The zero-order chi connectivity index (χ0) is 14.8. The first-order valence-electron chi connectivity index (χ1n) is 7.11. The average Bonchev–Trinajstić information content (AvgIpc) is 2.98. The summed E-state index contributed by atoms with van der Waals surface area (Å²) in [6.45, 7) is 0. The molecule has 0 aliphatic heterocycles. The van der Waals surface area contributed by atoms with Crippen LogP contribution in [0.15, 0.2) is 72.0 Å². The van der Waals surface area contributed by atoms with Crippen molar-refractivity contribution >= 4 is 33.8 Å². The molecule has 4 nitrogen and oxygen atoms in total. The van der Waals surface area contributed by atoms with Crippen LogP contribution >= 0.6 is 0 Å². The molecule has 22 heavy (non-hydrogen) atoms. The second-order valence-corrected chi connectivity index (χ2v) is 5.05. The van der Waals surface area contributed by atoms with Gasteiger partial charge in [0, 0.05) is 28.0 Å².